The largest absolute Gasteiger partial charge is 0.444 e. The highest BCUT2D eigenvalue weighted by Gasteiger charge is 2.33. The molecular formula is C17H26FN3O2. The highest BCUT2D eigenvalue weighted by molar-refractivity contribution is 5.68. The van der Waals surface area contributed by atoms with Crippen LogP contribution in [-0.2, 0) is 4.74 Å². The molecule has 0 aromatic carbocycles. The van der Waals surface area contributed by atoms with Gasteiger partial charge in [-0.1, -0.05) is 0 Å². The van der Waals surface area contributed by atoms with Crippen molar-refractivity contribution in [3.05, 3.63) is 29.8 Å². The van der Waals surface area contributed by atoms with Gasteiger partial charge in [0.05, 0.1) is 11.9 Å². The first kappa shape index (κ1) is 17.7. The Hall–Kier alpha value is -1.69. The van der Waals surface area contributed by atoms with Crippen LogP contribution in [0.4, 0.5) is 9.18 Å². The minimum absolute atomic E-state index is 0.0164. The molecule has 0 saturated heterocycles. The summed E-state index contributed by atoms with van der Waals surface area (Å²) >= 11 is 0. The first-order valence-corrected chi connectivity index (χ1v) is 8.09. The molecule has 0 radical (unpaired) electrons. The number of nitrogens with zero attached hydrogens (tertiary/aromatic N) is 1. The summed E-state index contributed by atoms with van der Waals surface area (Å²) in [6.45, 7) is 8.14. The number of ether oxygens (including phenoxy) is 1. The van der Waals surface area contributed by atoms with Crippen molar-refractivity contribution in [2.45, 2.75) is 58.2 Å². The average Bonchev–Trinajstić information content (AvgIpc) is 3.26. The summed E-state index contributed by atoms with van der Waals surface area (Å²) in [5.41, 5.74) is 0.273. The number of halogens is 1. The maximum Gasteiger partial charge on any atom is 0.407 e. The van der Waals surface area contributed by atoms with Crippen LogP contribution in [0, 0.1) is 11.7 Å². The smallest absolute Gasteiger partial charge is 0.407 e. The lowest BCUT2D eigenvalue weighted by atomic mass is 10.1. The fourth-order valence-electron chi connectivity index (χ4n) is 2.34. The van der Waals surface area contributed by atoms with Crippen LogP contribution in [0.5, 0.6) is 0 Å². The minimum Gasteiger partial charge on any atom is -0.444 e. The van der Waals surface area contributed by atoms with Gasteiger partial charge in [0.1, 0.15) is 11.4 Å². The van der Waals surface area contributed by atoms with E-state index in [4.69, 9.17) is 4.74 Å². The molecule has 0 spiro atoms. The topological polar surface area (TPSA) is 63.2 Å². The summed E-state index contributed by atoms with van der Waals surface area (Å²) in [5.74, 6) is 0.145. The molecule has 1 amide bonds. The van der Waals surface area contributed by atoms with Crippen LogP contribution in [0.3, 0.4) is 0 Å². The zero-order chi connectivity index (χ0) is 17.0. The van der Waals surface area contributed by atoms with Gasteiger partial charge in [-0.15, -0.1) is 0 Å². The fourth-order valence-corrected chi connectivity index (χ4v) is 2.34. The number of rotatable bonds is 6. The Kier molecular flexibility index (Phi) is 5.57. The molecule has 2 N–H and O–H groups in total. The van der Waals surface area contributed by atoms with E-state index in [1.165, 1.54) is 12.3 Å². The Morgan fingerprint density at radius 3 is 2.65 bits per heavy atom. The molecule has 1 heterocycles. The highest BCUT2D eigenvalue weighted by atomic mass is 19.1. The van der Waals surface area contributed by atoms with Crippen LogP contribution < -0.4 is 10.6 Å². The Labute approximate surface area is 137 Å². The molecule has 23 heavy (non-hydrogen) atoms. The monoisotopic (exact) mass is 323 g/mol. The van der Waals surface area contributed by atoms with Gasteiger partial charge < -0.3 is 15.4 Å². The van der Waals surface area contributed by atoms with Crippen molar-refractivity contribution in [3.8, 4) is 0 Å². The molecule has 0 bridgehead atoms. The molecule has 1 aromatic rings. The minimum atomic E-state index is -0.503. The standard InChI is InChI=1S/C17H26FN3O2/c1-11(14-8-7-13(18)9-20-14)19-10-15(12-5-6-12)21-16(22)23-17(2,3)4/h7-9,11-12,15,19H,5-6,10H2,1-4H3,(H,21,22). The van der Waals surface area contributed by atoms with E-state index < -0.39 is 5.60 Å². The van der Waals surface area contributed by atoms with Crippen LogP contribution in [0.2, 0.25) is 0 Å². The van der Waals surface area contributed by atoms with E-state index in [1.807, 2.05) is 27.7 Å². The quantitative estimate of drug-likeness (QED) is 0.844. The van der Waals surface area contributed by atoms with Gasteiger partial charge in [-0.25, -0.2) is 9.18 Å². The lowest BCUT2D eigenvalue weighted by Gasteiger charge is -2.25. The van der Waals surface area contributed by atoms with Crippen LogP contribution in [0.15, 0.2) is 18.3 Å². The number of nitrogens with one attached hydrogen (secondary N) is 2. The van der Waals surface area contributed by atoms with Crippen LogP contribution in [0.1, 0.15) is 52.3 Å². The molecule has 6 heteroatoms. The third-order valence-electron chi connectivity index (χ3n) is 3.73. The molecule has 128 valence electrons. The fraction of sp³-hybridized carbons (Fsp3) is 0.647. The molecular weight excluding hydrogens is 297 g/mol. The van der Waals surface area contributed by atoms with Gasteiger partial charge in [-0.05, 0) is 58.6 Å². The second-order valence-electron chi connectivity index (χ2n) is 7.12. The predicted octanol–water partition coefficient (Wildman–Crippen LogP) is 3.17. The Morgan fingerprint density at radius 1 is 1.43 bits per heavy atom. The Bertz CT molecular complexity index is 524. The first-order valence-electron chi connectivity index (χ1n) is 8.09. The number of alkyl carbamates (subject to hydrolysis) is 1. The number of hydrogen-bond donors (Lipinski definition) is 2. The summed E-state index contributed by atoms with van der Waals surface area (Å²) < 4.78 is 18.2. The van der Waals surface area contributed by atoms with E-state index >= 15 is 0 Å². The van der Waals surface area contributed by atoms with Gasteiger partial charge >= 0.3 is 6.09 Å². The maximum atomic E-state index is 12.9. The van der Waals surface area contributed by atoms with Crippen LogP contribution in [0.25, 0.3) is 0 Å². The number of carbonyl (C=O) groups is 1. The molecule has 2 rings (SSSR count). The van der Waals surface area contributed by atoms with Crippen LogP contribution >= 0.6 is 0 Å². The van der Waals surface area contributed by atoms with Gasteiger partial charge in [-0.2, -0.15) is 0 Å². The predicted molar refractivity (Wildman–Crippen MR) is 86.5 cm³/mol. The van der Waals surface area contributed by atoms with Crippen molar-refractivity contribution in [1.82, 2.24) is 15.6 Å². The van der Waals surface area contributed by atoms with E-state index in [9.17, 15) is 9.18 Å². The first-order chi connectivity index (χ1) is 10.7. The van der Waals surface area contributed by atoms with Gasteiger partial charge in [-0.3, -0.25) is 4.98 Å². The molecule has 2 atom stereocenters. The van der Waals surface area contributed by atoms with E-state index in [0.29, 0.717) is 12.5 Å². The molecule has 0 aliphatic heterocycles. The van der Waals surface area contributed by atoms with Gasteiger partial charge in [0.2, 0.25) is 0 Å². The SMILES string of the molecule is CC(NCC(NC(=O)OC(C)(C)C)C1CC1)c1ccc(F)cn1. The zero-order valence-corrected chi connectivity index (χ0v) is 14.2. The van der Waals surface area contributed by atoms with Crippen molar-refractivity contribution < 1.29 is 13.9 Å². The number of pyridine rings is 1. The Morgan fingerprint density at radius 2 is 2.13 bits per heavy atom. The summed E-state index contributed by atoms with van der Waals surface area (Å²) in [7, 11) is 0. The van der Waals surface area contributed by atoms with Crippen molar-refractivity contribution in [2.24, 2.45) is 5.92 Å². The highest BCUT2D eigenvalue weighted by Crippen LogP contribution is 2.32. The molecule has 1 saturated carbocycles. The van der Waals surface area contributed by atoms with Crippen molar-refractivity contribution in [2.75, 3.05) is 6.54 Å². The van der Waals surface area contributed by atoms with Gasteiger partial charge in [0, 0.05) is 18.6 Å². The zero-order valence-electron chi connectivity index (χ0n) is 14.2. The third kappa shape index (κ3) is 6.14. The molecule has 5 nitrogen and oxygen atoms in total. The van der Waals surface area contributed by atoms with E-state index in [1.54, 1.807) is 6.07 Å². The van der Waals surface area contributed by atoms with E-state index in [0.717, 1.165) is 18.5 Å². The number of aromatic nitrogens is 1. The third-order valence-corrected chi connectivity index (χ3v) is 3.73. The number of amides is 1. The van der Waals surface area contributed by atoms with Crippen LogP contribution in [-0.4, -0.2) is 29.3 Å². The molecule has 1 aliphatic rings. The maximum absolute atomic E-state index is 12.9. The lowest BCUT2D eigenvalue weighted by Crippen LogP contribution is -2.46. The van der Waals surface area contributed by atoms with Crippen molar-refractivity contribution in [1.29, 1.82) is 0 Å². The van der Waals surface area contributed by atoms with E-state index in [-0.39, 0.29) is 24.0 Å². The normalized spacial score (nSPS) is 17.4. The van der Waals surface area contributed by atoms with Crippen molar-refractivity contribution in [3.63, 3.8) is 0 Å². The molecule has 1 aromatic heterocycles. The summed E-state index contributed by atoms with van der Waals surface area (Å²) in [5, 5.41) is 6.30. The van der Waals surface area contributed by atoms with Gasteiger partial charge in [0.25, 0.3) is 0 Å². The average molecular weight is 323 g/mol. The molecule has 1 fully saturated rings. The lowest BCUT2D eigenvalue weighted by molar-refractivity contribution is 0.0497. The number of hydrogen-bond acceptors (Lipinski definition) is 4. The van der Waals surface area contributed by atoms with E-state index in [2.05, 4.69) is 15.6 Å². The summed E-state index contributed by atoms with van der Waals surface area (Å²) in [6.07, 6.45) is 3.06. The second-order valence-corrected chi connectivity index (χ2v) is 7.12. The molecule has 2 unspecified atom stereocenters. The molecule has 1 aliphatic carbocycles. The second kappa shape index (κ2) is 7.25. The Balaban J connectivity index is 1.85. The summed E-state index contributed by atoms with van der Waals surface area (Å²) in [6, 6.07) is 3.09. The van der Waals surface area contributed by atoms with Crippen molar-refractivity contribution >= 4 is 6.09 Å². The summed E-state index contributed by atoms with van der Waals surface area (Å²) in [4.78, 5) is 16.0. The van der Waals surface area contributed by atoms with Gasteiger partial charge in [0.15, 0.2) is 0 Å². The number of carbonyl (C=O) groups excluding carboxylic acids is 1.